The number of ether oxygens (including phenoxy) is 5. The molecule has 0 rings (SSSR count). The largest absolute Gasteiger partial charge is 0.464 e. The molecule has 1 N–H and O–H groups in total. The SMILES string of the molecule is CCOCCOCCOC(=O)C(CC(C)C)C(C)(C)C(C)(C)CC(C(=O)OCCN(CC)CC)C(C)C(C)(C)C(C(=O)OCCO)C(C)(C)S. The van der Waals surface area contributed by atoms with Crippen LogP contribution < -0.4 is 0 Å². The summed E-state index contributed by atoms with van der Waals surface area (Å²) in [6.45, 7) is 32.5. The molecule has 0 aromatic heterocycles. The Balaban J connectivity index is 6.64. The van der Waals surface area contributed by atoms with Crippen LogP contribution >= 0.6 is 12.6 Å². The van der Waals surface area contributed by atoms with Gasteiger partial charge in [-0.3, -0.25) is 14.4 Å². The third kappa shape index (κ3) is 15.3. The number of thiol groups is 1. The van der Waals surface area contributed by atoms with Crippen LogP contribution in [0.1, 0.15) is 110 Å². The fraction of sp³-hybridized carbons (Fsp3) is 0.923. The summed E-state index contributed by atoms with van der Waals surface area (Å²) in [7, 11) is 0. The zero-order valence-corrected chi connectivity index (χ0v) is 35.1. The molecule has 4 atom stereocenters. The van der Waals surface area contributed by atoms with Gasteiger partial charge in [-0.05, 0) is 60.9 Å². The van der Waals surface area contributed by atoms with Crippen LogP contribution in [0.5, 0.6) is 0 Å². The first-order chi connectivity index (χ1) is 23.1. The maximum atomic E-state index is 14.2. The number of carbonyl (C=O) groups is 3. The van der Waals surface area contributed by atoms with E-state index in [-0.39, 0.29) is 56.8 Å². The van der Waals surface area contributed by atoms with Gasteiger partial charge in [-0.15, -0.1) is 0 Å². The third-order valence-electron chi connectivity index (χ3n) is 11.0. The van der Waals surface area contributed by atoms with Crippen LogP contribution in [0.3, 0.4) is 0 Å². The van der Waals surface area contributed by atoms with Crippen molar-refractivity contribution in [3.63, 3.8) is 0 Å². The molecule has 0 saturated carbocycles. The quantitative estimate of drug-likeness (QED) is 0.0408. The number of carbonyl (C=O) groups excluding carboxylic acids is 3. The van der Waals surface area contributed by atoms with Gasteiger partial charge in [-0.25, -0.2) is 0 Å². The molecule has 296 valence electrons. The van der Waals surface area contributed by atoms with Crippen LogP contribution in [0.15, 0.2) is 0 Å². The van der Waals surface area contributed by atoms with E-state index in [1.807, 2.05) is 41.5 Å². The standard InChI is InChI=1S/C39H75NO9S/c1-15-40(16-2)18-20-47-33(42)30(29(6)37(9,10)32(39(13,14)50)35(44)48-21-19-41)27-36(7,8)38(11,12)31(26-28(4)5)34(43)49-25-24-46-23-22-45-17-3/h28-32,41,50H,15-27H2,1-14H3. The van der Waals surface area contributed by atoms with Crippen molar-refractivity contribution in [3.05, 3.63) is 0 Å². The van der Waals surface area contributed by atoms with Crippen LogP contribution in [-0.2, 0) is 38.1 Å². The van der Waals surface area contributed by atoms with Gasteiger partial charge in [0.1, 0.15) is 19.8 Å². The lowest BCUT2D eigenvalue weighted by Crippen LogP contribution is -2.51. The summed E-state index contributed by atoms with van der Waals surface area (Å²) in [5, 5.41) is 9.37. The van der Waals surface area contributed by atoms with E-state index in [1.165, 1.54) is 0 Å². The minimum Gasteiger partial charge on any atom is -0.464 e. The Kier molecular flexibility index (Phi) is 22.0. The van der Waals surface area contributed by atoms with E-state index in [4.69, 9.17) is 36.3 Å². The second-order valence-electron chi connectivity index (χ2n) is 16.4. The summed E-state index contributed by atoms with van der Waals surface area (Å²) in [5.74, 6) is -2.97. The lowest BCUT2D eigenvalue weighted by Gasteiger charge is -2.50. The van der Waals surface area contributed by atoms with Crippen LogP contribution in [0.2, 0.25) is 0 Å². The molecule has 0 aliphatic heterocycles. The Hall–Kier alpha value is -1.40. The van der Waals surface area contributed by atoms with Crippen LogP contribution in [-0.4, -0.2) is 105 Å². The molecule has 11 heteroatoms. The first-order valence-corrected chi connectivity index (χ1v) is 19.2. The fourth-order valence-corrected chi connectivity index (χ4v) is 7.45. The first kappa shape index (κ1) is 48.6. The maximum Gasteiger partial charge on any atom is 0.310 e. The lowest BCUT2D eigenvalue weighted by molar-refractivity contribution is -0.167. The van der Waals surface area contributed by atoms with Gasteiger partial charge in [0.15, 0.2) is 0 Å². The minimum atomic E-state index is -0.796. The average Bonchev–Trinajstić information content (AvgIpc) is 3.01. The van der Waals surface area contributed by atoms with Gasteiger partial charge in [0.05, 0.1) is 44.2 Å². The van der Waals surface area contributed by atoms with Crippen molar-refractivity contribution >= 4 is 30.5 Å². The Morgan fingerprint density at radius 1 is 0.720 bits per heavy atom. The predicted octanol–water partition coefficient (Wildman–Crippen LogP) is 6.71. The molecule has 0 aromatic carbocycles. The monoisotopic (exact) mass is 734 g/mol. The van der Waals surface area contributed by atoms with E-state index in [9.17, 15) is 19.5 Å². The number of hydrogen-bond donors (Lipinski definition) is 2. The van der Waals surface area contributed by atoms with Crippen molar-refractivity contribution in [2.45, 2.75) is 115 Å². The molecule has 0 heterocycles. The fourth-order valence-electron chi connectivity index (χ4n) is 7.01. The highest BCUT2D eigenvalue weighted by Gasteiger charge is 2.54. The zero-order chi connectivity index (χ0) is 38.9. The highest BCUT2D eigenvalue weighted by Crippen LogP contribution is 2.54. The number of esters is 3. The van der Waals surface area contributed by atoms with Crippen LogP contribution in [0, 0.1) is 45.8 Å². The lowest BCUT2D eigenvalue weighted by atomic mass is 9.54. The van der Waals surface area contributed by atoms with E-state index in [1.54, 1.807) is 0 Å². The van der Waals surface area contributed by atoms with E-state index >= 15 is 0 Å². The molecule has 4 unspecified atom stereocenters. The molecule has 0 aromatic rings. The predicted molar refractivity (Wildman–Crippen MR) is 203 cm³/mol. The molecule has 0 amide bonds. The number of likely N-dealkylation sites (N-methyl/N-ethyl adjacent to an activating group) is 1. The van der Waals surface area contributed by atoms with Crippen molar-refractivity contribution in [1.29, 1.82) is 0 Å². The van der Waals surface area contributed by atoms with E-state index in [0.717, 1.165) is 13.1 Å². The molecule has 0 spiro atoms. The second kappa shape index (κ2) is 22.6. The van der Waals surface area contributed by atoms with Gasteiger partial charge in [-0.1, -0.05) is 90.0 Å². The van der Waals surface area contributed by atoms with Gasteiger partial charge >= 0.3 is 17.9 Å². The molecular weight excluding hydrogens is 658 g/mol. The number of nitrogens with zero attached hydrogens (tertiary/aromatic N) is 1. The van der Waals surface area contributed by atoms with Gasteiger partial charge in [-0.2, -0.15) is 12.6 Å². The molecular formula is C39H75NO9S. The Morgan fingerprint density at radius 2 is 1.24 bits per heavy atom. The summed E-state index contributed by atoms with van der Waals surface area (Å²) in [6, 6.07) is 0. The van der Waals surface area contributed by atoms with Crippen molar-refractivity contribution in [1.82, 2.24) is 4.90 Å². The summed E-state index contributed by atoms with van der Waals surface area (Å²) < 4.78 is 27.4. The second-order valence-corrected chi connectivity index (χ2v) is 17.5. The number of rotatable bonds is 27. The molecule has 0 aliphatic rings. The Bertz CT molecular complexity index is 989. The third-order valence-corrected chi connectivity index (χ3v) is 11.3. The highest BCUT2D eigenvalue weighted by atomic mass is 32.1. The summed E-state index contributed by atoms with van der Waals surface area (Å²) in [5.41, 5.74) is -1.94. The number of aliphatic hydroxyl groups is 1. The van der Waals surface area contributed by atoms with Crippen molar-refractivity contribution in [2.75, 3.05) is 72.5 Å². The van der Waals surface area contributed by atoms with Gasteiger partial charge in [0.2, 0.25) is 0 Å². The number of hydrogen-bond acceptors (Lipinski definition) is 11. The Morgan fingerprint density at radius 3 is 1.74 bits per heavy atom. The normalized spacial score (nSPS) is 15.5. The highest BCUT2D eigenvalue weighted by molar-refractivity contribution is 7.81. The Labute approximate surface area is 310 Å². The molecule has 50 heavy (non-hydrogen) atoms. The van der Waals surface area contributed by atoms with Crippen LogP contribution in [0.4, 0.5) is 0 Å². The summed E-state index contributed by atoms with van der Waals surface area (Å²) >= 11 is 4.84. The maximum absolute atomic E-state index is 14.2. The molecule has 0 aliphatic carbocycles. The molecule has 10 nitrogen and oxygen atoms in total. The van der Waals surface area contributed by atoms with E-state index in [0.29, 0.717) is 39.2 Å². The minimum absolute atomic E-state index is 0.117. The smallest absolute Gasteiger partial charge is 0.310 e. The topological polar surface area (TPSA) is 121 Å². The summed E-state index contributed by atoms with van der Waals surface area (Å²) in [4.78, 5) is 43.7. The van der Waals surface area contributed by atoms with E-state index < -0.39 is 44.7 Å². The summed E-state index contributed by atoms with van der Waals surface area (Å²) in [6.07, 6.45) is 1.02. The van der Waals surface area contributed by atoms with Crippen molar-refractivity contribution in [2.24, 2.45) is 45.8 Å². The van der Waals surface area contributed by atoms with Gasteiger partial charge < -0.3 is 33.7 Å². The van der Waals surface area contributed by atoms with E-state index in [2.05, 4.69) is 60.3 Å². The number of aliphatic hydroxyl groups excluding tert-OH is 1. The van der Waals surface area contributed by atoms with Gasteiger partial charge in [0, 0.05) is 17.9 Å². The first-order valence-electron chi connectivity index (χ1n) is 18.8. The molecule has 0 fully saturated rings. The molecule has 0 bridgehead atoms. The van der Waals surface area contributed by atoms with Crippen molar-refractivity contribution < 1.29 is 43.2 Å². The average molecular weight is 734 g/mol. The zero-order valence-electron chi connectivity index (χ0n) is 34.2. The van der Waals surface area contributed by atoms with Crippen LogP contribution in [0.25, 0.3) is 0 Å². The molecule has 0 radical (unpaired) electrons. The van der Waals surface area contributed by atoms with Gasteiger partial charge in [0.25, 0.3) is 0 Å². The molecule has 0 saturated heterocycles. The van der Waals surface area contributed by atoms with Crippen molar-refractivity contribution in [3.8, 4) is 0 Å².